The summed E-state index contributed by atoms with van der Waals surface area (Å²) in [7, 11) is 0. The fraction of sp³-hybridized carbons (Fsp3) is 0.588. The highest BCUT2D eigenvalue weighted by atomic mass is 15.1. The molecule has 2 aromatic rings. The Balaban J connectivity index is 1.78. The number of hydrogen-bond donors (Lipinski definition) is 1. The Morgan fingerprint density at radius 1 is 1.10 bits per heavy atom. The summed E-state index contributed by atoms with van der Waals surface area (Å²) < 4.78 is 0. The minimum absolute atomic E-state index is 1.13. The molecule has 108 valence electrons. The highest BCUT2D eigenvalue weighted by Gasteiger charge is 2.15. The van der Waals surface area contributed by atoms with Crippen LogP contribution >= 0.6 is 0 Å². The number of aromatic nitrogens is 2. The number of nitrogens with one attached hydrogen (secondary N) is 2. The predicted molar refractivity (Wildman–Crippen MR) is 83.1 cm³/mol. The van der Waals surface area contributed by atoms with Gasteiger partial charge in [0.15, 0.2) is 11.4 Å². The summed E-state index contributed by atoms with van der Waals surface area (Å²) in [6, 6.07) is 2.33. The minimum atomic E-state index is 1.13. The van der Waals surface area contributed by atoms with Crippen molar-refractivity contribution in [1.29, 1.82) is 0 Å². The van der Waals surface area contributed by atoms with Crippen molar-refractivity contribution in [3.05, 3.63) is 28.7 Å². The number of aromatic amines is 2. The monoisotopic (exact) mass is 272 g/mol. The summed E-state index contributed by atoms with van der Waals surface area (Å²) in [5, 5.41) is 1.35. The lowest BCUT2D eigenvalue weighted by Crippen LogP contribution is -2.31. The highest BCUT2D eigenvalue weighted by molar-refractivity contribution is 5.84. The molecule has 0 atom stereocenters. The average Bonchev–Trinajstić information content (AvgIpc) is 2.89. The van der Waals surface area contributed by atoms with E-state index in [1.165, 1.54) is 72.4 Å². The molecule has 3 nitrogen and oxygen atoms in total. The van der Waals surface area contributed by atoms with E-state index in [0.29, 0.717) is 0 Å². The molecule has 2 aromatic heterocycles. The first-order valence-corrected chi connectivity index (χ1v) is 7.88. The number of fused-ring (bicyclic) bond motifs is 1. The van der Waals surface area contributed by atoms with E-state index >= 15 is 0 Å². The molecule has 1 saturated heterocycles. The first kappa shape index (κ1) is 13.6. The van der Waals surface area contributed by atoms with Gasteiger partial charge in [0.05, 0.1) is 10.9 Å². The van der Waals surface area contributed by atoms with Gasteiger partial charge >= 0.3 is 0 Å². The number of nitrogens with zero attached hydrogens (tertiary/aromatic N) is 1. The van der Waals surface area contributed by atoms with E-state index in [2.05, 4.69) is 41.7 Å². The molecule has 0 amide bonds. The van der Waals surface area contributed by atoms with Crippen molar-refractivity contribution in [2.24, 2.45) is 0 Å². The molecule has 0 bridgehead atoms. The maximum absolute atomic E-state index is 3.64. The first-order chi connectivity index (χ1) is 9.65. The summed E-state index contributed by atoms with van der Waals surface area (Å²) in [5.41, 5.74) is 6.56. The molecular formula is C17H26N3+. The molecule has 1 fully saturated rings. The SMILES string of the molecule is Cc1[nH+]c(C)c2cc(CCN3CCCCC3)[nH]c2c1C. The van der Waals surface area contributed by atoms with Gasteiger partial charge in [-0.1, -0.05) is 6.42 Å². The second kappa shape index (κ2) is 5.57. The van der Waals surface area contributed by atoms with Crippen LogP contribution in [-0.4, -0.2) is 29.5 Å². The maximum atomic E-state index is 3.64. The number of likely N-dealkylation sites (tertiary alicyclic amines) is 1. The van der Waals surface area contributed by atoms with Gasteiger partial charge < -0.3 is 9.88 Å². The van der Waals surface area contributed by atoms with Gasteiger partial charge in [-0.25, -0.2) is 4.98 Å². The Morgan fingerprint density at radius 3 is 2.60 bits per heavy atom. The Hall–Kier alpha value is -1.35. The van der Waals surface area contributed by atoms with E-state index in [0.717, 1.165) is 6.42 Å². The van der Waals surface area contributed by atoms with Crippen LogP contribution in [0.25, 0.3) is 10.9 Å². The smallest absolute Gasteiger partial charge is 0.186 e. The van der Waals surface area contributed by atoms with Crippen molar-refractivity contribution in [2.75, 3.05) is 19.6 Å². The lowest BCUT2D eigenvalue weighted by atomic mass is 10.1. The van der Waals surface area contributed by atoms with Gasteiger partial charge in [-0.15, -0.1) is 0 Å². The van der Waals surface area contributed by atoms with Crippen molar-refractivity contribution >= 4 is 10.9 Å². The second-order valence-corrected chi connectivity index (χ2v) is 6.24. The zero-order valence-electron chi connectivity index (χ0n) is 13.0. The predicted octanol–water partition coefficient (Wildman–Crippen LogP) is 2.94. The lowest BCUT2D eigenvalue weighted by Gasteiger charge is -2.25. The van der Waals surface area contributed by atoms with Gasteiger partial charge in [-0.2, -0.15) is 0 Å². The van der Waals surface area contributed by atoms with Crippen LogP contribution in [-0.2, 0) is 6.42 Å². The van der Waals surface area contributed by atoms with Gasteiger partial charge in [-0.05, 0) is 38.9 Å². The summed E-state index contributed by atoms with van der Waals surface area (Å²) in [5.74, 6) is 0. The normalized spacial score (nSPS) is 16.9. The molecule has 0 radical (unpaired) electrons. The molecule has 0 aromatic carbocycles. The van der Waals surface area contributed by atoms with Crippen LogP contribution in [0.4, 0.5) is 0 Å². The molecule has 0 aliphatic carbocycles. The summed E-state index contributed by atoms with van der Waals surface area (Å²) in [6.07, 6.45) is 5.29. The zero-order valence-corrected chi connectivity index (χ0v) is 13.0. The van der Waals surface area contributed by atoms with E-state index < -0.39 is 0 Å². The van der Waals surface area contributed by atoms with Gasteiger partial charge in [0.25, 0.3) is 0 Å². The van der Waals surface area contributed by atoms with Gasteiger partial charge in [0.2, 0.25) is 0 Å². The standard InChI is InChI=1S/C17H25N3/c1-12-13(2)18-14(3)16-11-15(19-17(12)16)7-10-20-8-5-4-6-9-20/h11,19H,4-10H2,1-3H3/p+1. The molecule has 0 unspecified atom stereocenters. The number of pyridine rings is 1. The summed E-state index contributed by atoms with van der Waals surface area (Å²) >= 11 is 0. The van der Waals surface area contributed by atoms with Crippen LogP contribution in [0.1, 0.15) is 41.9 Å². The van der Waals surface area contributed by atoms with Crippen LogP contribution in [0.15, 0.2) is 6.07 Å². The third-order valence-electron chi connectivity index (χ3n) is 4.74. The maximum Gasteiger partial charge on any atom is 0.186 e. The number of aryl methyl sites for hydroxylation is 3. The van der Waals surface area contributed by atoms with Crippen molar-refractivity contribution < 1.29 is 4.98 Å². The van der Waals surface area contributed by atoms with Crippen LogP contribution in [0.5, 0.6) is 0 Å². The molecule has 1 aliphatic heterocycles. The van der Waals surface area contributed by atoms with Gasteiger partial charge in [0.1, 0.15) is 0 Å². The third-order valence-corrected chi connectivity index (χ3v) is 4.74. The number of piperidine rings is 1. The van der Waals surface area contributed by atoms with Crippen molar-refractivity contribution in [2.45, 2.75) is 46.5 Å². The third kappa shape index (κ3) is 2.59. The van der Waals surface area contributed by atoms with E-state index in [1.807, 2.05) is 0 Å². The van der Waals surface area contributed by atoms with Crippen LogP contribution < -0.4 is 4.98 Å². The molecule has 2 N–H and O–H groups in total. The van der Waals surface area contributed by atoms with E-state index in [1.54, 1.807) is 0 Å². The second-order valence-electron chi connectivity index (χ2n) is 6.24. The molecule has 0 saturated carbocycles. The van der Waals surface area contributed by atoms with E-state index in [9.17, 15) is 0 Å². The van der Waals surface area contributed by atoms with Gasteiger partial charge in [-0.3, -0.25) is 0 Å². The molecular weight excluding hydrogens is 246 g/mol. The first-order valence-electron chi connectivity index (χ1n) is 7.88. The average molecular weight is 272 g/mol. The topological polar surface area (TPSA) is 33.2 Å². The van der Waals surface area contributed by atoms with E-state index in [4.69, 9.17) is 0 Å². The van der Waals surface area contributed by atoms with Gasteiger partial charge in [0, 0.05) is 38.1 Å². The number of H-pyrrole nitrogens is 2. The number of rotatable bonds is 3. The fourth-order valence-electron chi connectivity index (χ4n) is 3.33. The molecule has 0 spiro atoms. The summed E-state index contributed by atoms with van der Waals surface area (Å²) in [6.45, 7) is 10.3. The lowest BCUT2D eigenvalue weighted by molar-refractivity contribution is -0.395. The molecule has 3 rings (SSSR count). The molecule has 3 heterocycles. The fourth-order valence-corrected chi connectivity index (χ4v) is 3.33. The minimum Gasteiger partial charge on any atom is -0.358 e. The van der Waals surface area contributed by atoms with Crippen molar-refractivity contribution in [1.82, 2.24) is 9.88 Å². The van der Waals surface area contributed by atoms with Crippen LogP contribution in [0, 0.1) is 20.8 Å². The van der Waals surface area contributed by atoms with E-state index in [-0.39, 0.29) is 0 Å². The Kier molecular flexibility index (Phi) is 3.79. The van der Waals surface area contributed by atoms with Crippen LogP contribution in [0.2, 0.25) is 0 Å². The zero-order chi connectivity index (χ0) is 14.1. The van der Waals surface area contributed by atoms with Crippen molar-refractivity contribution in [3.63, 3.8) is 0 Å². The Labute approximate surface area is 121 Å². The quantitative estimate of drug-likeness (QED) is 0.915. The molecule has 1 aliphatic rings. The Bertz CT molecular complexity index is 606. The highest BCUT2D eigenvalue weighted by Crippen LogP contribution is 2.22. The van der Waals surface area contributed by atoms with Crippen LogP contribution in [0.3, 0.4) is 0 Å². The summed E-state index contributed by atoms with van der Waals surface area (Å²) in [4.78, 5) is 9.71. The number of hydrogen-bond acceptors (Lipinski definition) is 1. The molecule has 3 heteroatoms. The molecule has 20 heavy (non-hydrogen) atoms. The Morgan fingerprint density at radius 2 is 1.85 bits per heavy atom. The largest absolute Gasteiger partial charge is 0.358 e. The van der Waals surface area contributed by atoms with Crippen molar-refractivity contribution in [3.8, 4) is 0 Å².